The summed E-state index contributed by atoms with van der Waals surface area (Å²) in [6.07, 6.45) is 1.93. The van der Waals surface area contributed by atoms with E-state index in [0.717, 1.165) is 0 Å². The van der Waals surface area contributed by atoms with E-state index in [1.165, 1.54) is 6.20 Å². The fourth-order valence-corrected chi connectivity index (χ4v) is 1.88. The predicted octanol–water partition coefficient (Wildman–Crippen LogP) is 2.67. The van der Waals surface area contributed by atoms with Crippen LogP contribution in [-0.4, -0.2) is 22.4 Å². The van der Waals surface area contributed by atoms with Crippen LogP contribution in [0, 0.1) is 22.2 Å². The Bertz CT molecular complexity index is 563. The number of nitrogens with zero attached hydrogens (tertiary/aromatic N) is 4. The molecule has 1 rings (SSSR count). The van der Waals surface area contributed by atoms with Crippen molar-refractivity contribution in [3.8, 4) is 6.07 Å². The van der Waals surface area contributed by atoms with Crippen molar-refractivity contribution < 1.29 is 4.79 Å². The van der Waals surface area contributed by atoms with Gasteiger partial charge in [0.25, 0.3) is 0 Å². The SMILES string of the molecule is CC(C)(C)CC(=O)NN(CC(C)(C)C)c1ccnc(C#N)n1. The van der Waals surface area contributed by atoms with Crippen molar-refractivity contribution in [3.63, 3.8) is 0 Å². The fourth-order valence-electron chi connectivity index (χ4n) is 1.88. The van der Waals surface area contributed by atoms with Gasteiger partial charge in [0.05, 0.1) is 0 Å². The highest BCUT2D eigenvalue weighted by Crippen LogP contribution is 2.21. The Morgan fingerprint density at radius 2 is 1.91 bits per heavy atom. The van der Waals surface area contributed by atoms with Crippen molar-refractivity contribution in [2.24, 2.45) is 10.8 Å². The number of aromatic nitrogens is 2. The highest BCUT2D eigenvalue weighted by molar-refractivity contribution is 5.78. The Morgan fingerprint density at radius 3 is 2.41 bits per heavy atom. The molecule has 0 unspecified atom stereocenters. The molecule has 0 atom stereocenters. The summed E-state index contributed by atoms with van der Waals surface area (Å²) in [4.78, 5) is 20.2. The summed E-state index contributed by atoms with van der Waals surface area (Å²) in [6.45, 7) is 12.8. The van der Waals surface area contributed by atoms with E-state index in [4.69, 9.17) is 5.26 Å². The van der Waals surface area contributed by atoms with Gasteiger partial charge in [-0.15, -0.1) is 0 Å². The molecule has 1 amide bonds. The Labute approximate surface area is 132 Å². The largest absolute Gasteiger partial charge is 0.273 e. The normalized spacial score (nSPS) is 11.7. The molecule has 0 fully saturated rings. The standard InChI is InChI=1S/C16H25N5O/c1-15(2,3)9-14(22)20-21(11-16(4,5)6)13-7-8-18-12(10-17)19-13/h7-8H,9,11H2,1-6H3,(H,20,22). The number of hydrogen-bond donors (Lipinski definition) is 1. The monoisotopic (exact) mass is 303 g/mol. The minimum atomic E-state index is -0.0963. The number of nitriles is 1. The third kappa shape index (κ3) is 6.53. The Balaban J connectivity index is 2.98. The molecule has 6 heteroatoms. The molecular formula is C16H25N5O. The van der Waals surface area contributed by atoms with Gasteiger partial charge in [-0.05, 0) is 10.8 Å². The number of amides is 1. The van der Waals surface area contributed by atoms with E-state index in [1.54, 1.807) is 11.1 Å². The summed E-state index contributed by atoms with van der Waals surface area (Å²) >= 11 is 0. The quantitative estimate of drug-likeness (QED) is 0.865. The van der Waals surface area contributed by atoms with Crippen LogP contribution in [0.2, 0.25) is 0 Å². The molecule has 1 heterocycles. The zero-order valence-corrected chi connectivity index (χ0v) is 14.3. The van der Waals surface area contributed by atoms with Crippen molar-refractivity contribution in [1.82, 2.24) is 15.4 Å². The number of hydrogen-bond acceptors (Lipinski definition) is 5. The molecule has 1 aromatic rings. The lowest BCUT2D eigenvalue weighted by atomic mass is 9.92. The minimum Gasteiger partial charge on any atom is -0.273 e. The first kappa shape index (κ1) is 17.9. The summed E-state index contributed by atoms with van der Waals surface area (Å²) in [5, 5.41) is 10.6. The molecule has 1 N–H and O–H groups in total. The average molecular weight is 303 g/mol. The molecule has 1 aromatic heterocycles. The Morgan fingerprint density at radius 1 is 1.27 bits per heavy atom. The molecule has 0 saturated heterocycles. The molecule has 0 aliphatic rings. The van der Waals surface area contributed by atoms with Crippen LogP contribution in [-0.2, 0) is 4.79 Å². The van der Waals surface area contributed by atoms with Gasteiger partial charge in [-0.1, -0.05) is 41.5 Å². The molecule has 22 heavy (non-hydrogen) atoms. The maximum absolute atomic E-state index is 12.2. The van der Waals surface area contributed by atoms with Crippen molar-refractivity contribution in [2.45, 2.75) is 48.0 Å². The molecule has 0 saturated carbocycles. The highest BCUT2D eigenvalue weighted by Gasteiger charge is 2.22. The number of rotatable bonds is 4. The van der Waals surface area contributed by atoms with Gasteiger partial charge in [0, 0.05) is 25.2 Å². The zero-order valence-electron chi connectivity index (χ0n) is 14.3. The summed E-state index contributed by atoms with van der Waals surface area (Å²) in [5.41, 5.74) is 2.75. The van der Waals surface area contributed by atoms with Gasteiger partial charge in [-0.25, -0.2) is 4.98 Å². The first-order valence-corrected chi connectivity index (χ1v) is 7.30. The van der Waals surface area contributed by atoms with E-state index in [2.05, 4.69) is 36.2 Å². The van der Waals surface area contributed by atoms with E-state index >= 15 is 0 Å². The van der Waals surface area contributed by atoms with Crippen LogP contribution < -0.4 is 10.4 Å². The number of anilines is 1. The van der Waals surface area contributed by atoms with Crippen molar-refractivity contribution in [3.05, 3.63) is 18.1 Å². The van der Waals surface area contributed by atoms with Gasteiger partial charge < -0.3 is 0 Å². The third-order valence-corrected chi connectivity index (χ3v) is 2.60. The number of nitrogens with one attached hydrogen (secondary N) is 1. The van der Waals surface area contributed by atoms with Crippen LogP contribution in [0.1, 0.15) is 53.8 Å². The summed E-state index contributed by atoms with van der Waals surface area (Å²) in [5.74, 6) is 0.527. The van der Waals surface area contributed by atoms with Crippen LogP contribution in [0.25, 0.3) is 0 Å². The lowest BCUT2D eigenvalue weighted by Gasteiger charge is -2.31. The van der Waals surface area contributed by atoms with Gasteiger partial charge in [0.15, 0.2) is 5.82 Å². The molecule has 0 spiro atoms. The summed E-state index contributed by atoms with van der Waals surface area (Å²) in [7, 11) is 0. The molecule has 0 aliphatic heterocycles. The zero-order chi connectivity index (χ0) is 17.0. The first-order chi connectivity index (χ1) is 10.00. The van der Waals surface area contributed by atoms with Crippen LogP contribution in [0.3, 0.4) is 0 Å². The van der Waals surface area contributed by atoms with E-state index in [9.17, 15) is 4.79 Å². The number of carbonyl (C=O) groups excluding carboxylic acids is 1. The van der Waals surface area contributed by atoms with Crippen molar-refractivity contribution >= 4 is 11.7 Å². The second-order valence-electron chi connectivity index (χ2n) is 7.77. The molecule has 0 aliphatic carbocycles. The topological polar surface area (TPSA) is 81.9 Å². The molecule has 0 bridgehead atoms. The maximum Gasteiger partial charge on any atom is 0.239 e. The molecule has 6 nitrogen and oxygen atoms in total. The van der Waals surface area contributed by atoms with Gasteiger partial charge in [-0.2, -0.15) is 10.2 Å². The van der Waals surface area contributed by atoms with Gasteiger partial charge in [0.1, 0.15) is 6.07 Å². The second-order valence-corrected chi connectivity index (χ2v) is 7.77. The van der Waals surface area contributed by atoms with E-state index < -0.39 is 0 Å². The predicted molar refractivity (Wildman–Crippen MR) is 85.8 cm³/mol. The van der Waals surface area contributed by atoms with Crippen LogP contribution >= 0.6 is 0 Å². The maximum atomic E-state index is 12.2. The summed E-state index contributed by atoms with van der Waals surface area (Å²) in [6, 6.07) is 3.60. The minimum absolute atomic E-state index is 0.0488. The number of hydrazine groups is 1. The average Bonchev–Trinajstić information content (AvgIpc) is 2.34. The molecule has 0 aromatic carbocycles. The lowest BCUT2D eigenvalue weighted by molar-refractivity contribution is -0.123. The van der Waals surface area contributed by atoms with E-state index in [1.807, 2.05) is 26.8 Å². The van der Waals surface area contributed by atoms with Gasteiger partial charge in [-0.3, -0.25) is 15.2 Å². The smallest absolute Gasteiger partial charge is 0.239 e. The Hall–Kier alpha value is -2.16. The lowest BCUT2D eigenvalue weighted by Crippen LogP contribution is -2.47. The van der Waals surface area contributed by atoms with Crippen molar-refractivity contribution in [1.29, 1.82) is 5.26 Å². The second kappa shape index (κ2) is 6.73. The van der Waals surface area contributed by atoms with Crippen molar-refractivity contribution in [2.75, 3.05) is 11.6 Å². The van der Waals surface area contributed by atoms with E-state index in [-0.39, 0.29) is 22.6 Å². The van der Waals surface area contributed by atoms with Crippen LogP contribution in [0.15, 0.2) is 12.3 Å². The van der Waals surface area contributed by atoms with Gasteiger partial charge in [0.2, 0.25) is 11.7 Å². The van der Waals surface area contributed by atoms with Gasteiger partial charge >= 0.3 is 0 Å². The fraction of sp³-hybridized carbons (Fsp3) is 0.625. The Kier molecular flexibility index (Phi) is 5.48. The van der Waals surface area contributed by atoms with Crippen LogP contribution in [0.5, 0.6) is 0 Å². The first-order valence-electron chi connectivity index (χ1n) is 7.30. The third-order valence-electron chi connectivity index (χ3n) is 2.60. The number of carbonyl (C=O) groups is 1. The molecule has 0 radical (unpaired) electrons. The summed E-state index contributed by atoms with van der Waals surface area (Å²) < 4.78 is 0. The molecular weight excluding hydrogens is 278 g/mol. The molecule has 120 valence electrons. The highest BCUT2D eigenvalue weighted by atomic mass is 16.2. The van der Waals surface area contributed by atoms with E-state index in [0.29, 0.717) is 18.8 Å². The van der Waals surface area contributed by atoms with Crippen LogP contribution in [0.4, 0.5) is 5.82 Å².